The molecule has 0 spiro atoms. The summed E-state index contributed by atoms with van der Waals surface area (Å²) in [4.78, 5) is 12.6. The van der Waals surface area contributed by atoms with Gasteiger partial charge in [-0.2, -0.15) is 0 Å². The van der Waals surface area contributed by atoms with Crippen LogP contribution in [0, 0.1) is 12.8 Å². The second-order valence-corrected chi connectivity index (χ2v) is 8.19. The van der Waals surface area contributed by atoms with Crippen molar-refractivity contribution in [2.45, 2.75) is 50.6 Å². The highest BCUT2D eigenvalue weighted by molar-refractivity contribution is 6.01. The van der Waals surface area contributed by atoms with Crippen LogP contribution < -0.4 is 4.74 Å². The molecule has 5 atom stereocenters. The number of aliphatic hydroxyl groups excluding tert-OH is 4. The molecule has 32 heavy (non-hydrogen) atoms. The Kier molecular flexibility index (Phi) is 7.25. The fourth-order valence-electron chi connectivity index (χ4n) is 3.95. The number of carbonyl (C=O) groups excluding carboxylic acids is 1. The van der Waals surface area contributed by atoms with Gasteiger partial charge >= 0.3 is 0 Å². The molecule has 9 nitrogen and oxygen atoms in total. The number of benzene rings is 2. The lowest BCUT2D eigenvalue weighted by molar-refractivity contribution is -0.157. The molecule has 3 rings (SSSR count). The molecule has 0 aliphatic heterocycles. The van der Waals surface area contributed by atoms with Gasteiger partial charge in [-0.15, -0.1) is 0 Å². The molecule has 0 aromatic heterocycles. The number of ether oxygens (including phenoxy) is 1. The average Bonchev–Trinajstić information content (AvgIpc) is 2.74. The van der Waals surface area contributed by atoms with E-state index in [0.29, 0.717) is 12.0 Å². The van der Waals surface area contributed by atoms with Crippen molar-refractivity contribution in [3.05, 3.63) is 47.0 Å². The van der Waals surface area contributed by atoms with Crippen LogP contribution in [-0.2, 0) is 6.42 Å². The molecule has 1 aliphatic rings. The molecule has 174 valence electrons. The first-order valence-corrected chi connectivity index (χ1v) is 10.3. The van der Waals surface area contributed by atoms with Crippen LogP contribution in [0.2, 0.25) is 0 Å². The molecule has 9 heteroatoms. The monoisotopic (exact) mass is 448 g/mol. The van der Waals surface area contributed by atoms with Gasteiger partial charge in [0.2, 0.25) is 0 Å². The molecular formula is C23H28O9. The molecule has 0 saturated heterocycles. The summed E-state index contributed by atoms with van der Waals surface area (Å²) in [6, 6.07) is 7.21. The van der Waals surface area contributed by atoms with Crippen molar-refractivity contribution < 1.29 is 45.3 Å². The smallest absolute Gasteiger partial charge is 0.170 e. The van der Waals surface area contributed by atoms with Gasteiger partial charge in [-0.3, -0.25) is 4.79 Å². The number of carbonyl (C=O) groups is 1. The molecule has 0 heterocycles. The van der Waals surface area contributed by atoms with Gasteiger partial charge in [0.15, 0.2) is 5.78 Å². The SMILES string of the molecule is Cc1cc(CCC(=O)c2c(O)cc(O[C@@H]3C[C@H](CO)[C@@H](O)[C@H](O)[C@H]3O)cc2O)ccc1O. The van der Waals surface area contributed by atoms with Crippen molar-refractivity contribution in [1.29, 1.82) is 0 Å². The Morgan fingerprint density at radius 1 is 0.969 bits per heavy atom. The van der Waals surface area contributed by atoms with Crippen LogP contribution in [-0.4, -0.2) is 72.6 Å². The quantitative estimate of drug-likeness (QED) is 0.303. The molecule has 1 fully saturated rings. The molecule has 0 amide bonds. The first kappa shape index (κ1) is 23.8. The van der Waals surface area contributed by atoms with Gasteiger partial charge in [0.25, 0.3) is 0 Å². The molecule has 1 aliphatic carbocycles. The second kappa shape index (κ2) is 9.74. The van der Waals surface area contributed by atoms with Gasteiger partial charge in [0.05, 0.1) is 6.10 Å². The van der Waals surface area contributed by atoms with Gasteiger partial charge in [0.1, 0.15) is 46.9 Å². The van der Waals surface area contributed by atoms with Crippen LogP contribution in [0.15, 0.2) is 30.3 Å². The predicted octanol–water partition coefficient (Wildman–Crippen LogP) is 0.770. The number of aryl methyl sites for hydroxylation is 2. The number of hydrogen-bond acceptors (Lipinski definition) is 9. The Bertz CT molecular complexity index is 949. The third kappa shape index (κ3) is 4.97. The molecular weight excluding hydrogens is 420 g/mol. The number of aromatic hydroxyl groups is 3. The van der Waals surface area contributed by atoms with E-state index < -0.39 is 54.2 Å². The highest BCUT2D eigenvalue weighted by atomic mass is 16.5. The van der Waals surface area contributed by atoms with Crippen molar-refractivity contribution in [3.8, 4) is 23.0 Å². The minimum absolute atomic E-state index is 0.00907. The summed E-state index contributed by atoms with van der Waals surface area (Å²) in [7, 11) is 0. The minimum atomic E-state index is -1.53. The van der Waals surface area contributed by atoms with Crippen molar-refractivity contribution in [1.82, 2.24) is 0 Å². The summed E-state index contributed by atoms with van der Waals surface area (Å²) in [6.07, 6.45) is -4.92. The number of ketones is 1. The number of Topliss-reactive ketones (excluding diaryl/α,β-unsaturated/α-hetero) is 1. The zero-order valence-electron chi connectivity index (χ0n) is 17.5. The lowest BCUT2D eigenvalue weighted by atomic mass is 9.81. The fourth-order valence-corrected chi connectivity index (χ4v) is 3.95. The van der Waals surface area contributed by atoms with Crippen LogP contribution in [0.5, 0.6) is 23.0 Å². The summed E-state index contributed by atoms with van der Waals surface area (Å²) in [5.41, 5.74) is 1.23. The minimum Gasteiger partial charge on any atom is -0.508 e. The number of phenolic OH excluding ortho intramolecular Hbond substituents is 3. The van der Waals surface area contributed by atoms with Crippen molar-refractivity contribution in [2.24, 2.45) is 5.92 Å². The maximum absolute atomic E-state index is 12.6. The summed E-state index contributed by atoms with van der Waals surface area (Å²) in [5, 5.41) is 69.6. The highest BCUT2D eigenvalue weighted by Gasteiger charge is 2.43. The Morgan fingerprint density at radius 3 is 2.22 bits per heavy atom. The van der Waals surface area contributed by atoms with Crippen LogP contribution in [0.1, 0.15) is 34.3 Å². The van der Waals surface area contributed by atoms with Gasteiger partial charge in [-0.05, 0) is 37.0 Å². The first-order chi connectivity index (χ1) is 15.1. The van der Waals surface area contributed by atoms with Crippen LogP contribution in [0.25, 0.3) is 0 Å². The fraction of sp³-hybridized carbons (Fsp3) is 0.435. The molecule has 2 aromatic rings. The maximum atomic E-state index is 12.6. The summed E-state index contributed by atoms with van der Waals surface area (Å²) < 4.78 is 5.58. The van der Waals surface area contributed by atoms with E-state index in [9.17, 15) is 40.5 Å². The van der Waals surface area contributed by atoms with E-state index in [4.69, 9.17) is 4.74 Å². The normalized spacial score (nSPS) is 25.5. The van der Waals surface area contributed by atoms with E-state index in [1.54, 1.807) is 19.1 Å². The topological polar surface area (TPSA) is 168 Å². The summed E-state index contributed by atoms with van der Waals surface area (Å²) in [6.45, 7) is 1.32. The Balaban J connectivity index is 1.71. The van der Waals surface area contributed by atoms with E-state index in [-0.39, 0.29) is 29.9 Å². The Labute approximate surface area is 184 Å². The largest absolute Gasteiger partial charge is 0.508 e. The lowest BCUT2D eigenvalue weighted by Crippen LogP contribution is -2.56. The Morgan fingerprint density at radius 2 is 1.62 bits per heavy atom. The van der Waals surface area contributed by atoms with Crippen LogP contribution in [0.3, 0.4) is 0 Å². The van der Waals surface area contributed by atoms with Crippen molar-refractivity contribution in [2.75, 3.05) is 6.61 Å². The summed E-state index contributed by atoms with van der Waals surface area (Å²) >= 11 is 0. The van der Waals surface area contributed by atoms with Crippen molar-refractivity contribution >= 4 is 5.78 Å². The zero-order valence-corrected chi connectivity index (χ0v) is 17.5. The predicted molar refractivity (Wildman–Crippen MR) is 113 cm³/mol. The number of hydrogen-bond donors (Lipinski definition) is 7. The number of rotatable bonds is 7. The highest BCUT2D eigenvalue weighted by Crippen LogP contribution is 2.36. The first-order valence-electron chi connectivity index (χ1n) is 10.3. The average molecular weight is 448 g/mol. The van der Waals surface area contributed by atoms with E-state index in [2.05, 4.69) is 0 Å². The van der Waals surface area contributed by atoms with Crippen LogP contribution in [0.4, 0.5) is 0 Å². The number of aliphatic hydroxyl groups is 4. The van der Waals surface area contributed by atoms with Crippen molar-refractivity contribution in [3.63, 3.8) is 0 Å². The molecule has 0 bridgehead atoms. The molecule has 7 N–H and O–H groups in total. The lowest BCUT2D eigenvalue weighted by Gasteiger charge is -2.39. The van der Waals surface area contributed by atoms with E-state index in [1.807, 2.05) is 0 Å². The zero-order chi connectivity index (χ0) is 23.6. The third-order valence-electron chi connectivity index (χ3n) is 5.87. The maximum Gasteiger partial charge on any atom is 0.170 e. The molecule has 0 unspecified atom stereocenters. The second-order valence-electron chi connectivity index (χ2n) is 8.19. The standard InChI is InChI=1S/C23H28O9/c1-11-6-12(2-4-15(11)25)3-5-16(26)20-17(27)8-14(9-18(20)28)32-19-7-13(10-24)21(29)23(31)22(19)30/h2,4,6,8-9,13,19,21-25,27-31H,3,5,7,10H2,1H3/t13-,19-,21-,22+,23+/m1/s1. The van der Waals surface area contributed by atoms with Gasteiger partial charge in [-0.25, -0.2) is 0 Å². The van der Waals surface area contributed by atoms with E-state index in [1.165, 1.54) is 6.07 Å². The molecule has 1 saturated carbocycles. The molecule has 0 radical (unpaired) electrons. The van der Waals surface area contributed by atoms with Crippen LogP contribution >= 0.6 is 0 Å². The van der Waals surface area contributed by atoms with E-state index >= 15 is 0 Å². The van der Waals surface area contributed by atoms with Gasteiger partial charge in [-0.1, -0.05) is 12.1 Å². The molecule has 2 aromatic carbocycles. The Hall–Kier alpha value is -2.85. The third-order valence-corrected chi connectivity index (χ3v) is 5.87. The van der Waals surface area contributed by atoms with Gasteiger partial charge in [0, 0.05) is 31.1 Å². The summed E-state index contributed by atoms with van der Waals surface area (Å²) in [5.74, 6) is -2.11. The van der Waals surface area contributed by atoms with Gasteiger partial charge < -0.3 is 40.5 Å². The van der Waals surface area contributed by atoms with E-state index in [0.717, 1.165) is 17.7 Å². The number of phenols is 3.